The van der Waals surface area contributed by atoms with Gasteiger partial charge in [-0.1, -0.05) is 13.0 Å². The molecule has 1 aliphatic heterocycles. The molecule has 3 nitrogen and oxygen atoms in total. The Morgan fingerprint density at radius 3 is 3.00 bits per heavy atom. The Bertz CT molecular complexity index is 378. The quantitative estimate of drug-likeness (QED) is 0.870. The molecule has 1 aromatic rings. The molecule has 0 saturated carbocycles. The van der Waals surface area contributed by atoms with Gasteiger partial charge in [-0.2, -0.15) is 0 Å². The smallest absolute Gasteiger partial charge is 0.120 e. The molecule has 0 bridgehead atoms. The average Bonchev–Trinajstić information content (AvgIpc) is 2.77. The third-order valence-electron chi connectivity index (χ3n) is 3.53. The lowest BCUT2D eigenvalue weighted by Crippen LogP contribution is -2.33. The molecule has 94 valence electrons. The number of anilines is 1. The van der Waals surface area contributed by atoms with Crippen LogP contribution in [0.3, 0.4) is 0 Å². The summed E-state index contributed by atoms with van der Waals surface area (Å²) in [6.45, 7) is 3.91. The first-order chi connectivity index (χ1) is 8.27. The van der Waals surface area contributed by atoms with Crippen molar-refractivity contribution < 1.29 is 9.84 Å². The number of nitrogens with zero attached hydrogens (tertiary/aromatic N) is 1. The van der Waals surface area contributed by atoms with E-state index in [0.717, 1.165) is 25.1 Å². The number of hydrogen-bond donors (Lipinski definition) is 1. The van der Waals surface area contributed by atoms with Crippen molar-refractivity contribution in [1.82, 2.24) is 0 Å². The number of benzene rings is 1. The summed E-state index contributed by atoms with van der Waals surface area (Å²) in [5.41, 5.74) is 2.22. The zero-order chi connectivity index (χ0) is 12.3. The van der Waals surface area contributed by atoms with Gasteiger partial charge in [0.1, 0.15) is 5.75 Å². The van der Waals surface area contributed by atoms with Crippen LogP contribution in [-0.2, 0) is 11.2 Å². The fourth-order valence-electron chi connectivity index (χ4n) is 2.71. The highest BCUT2D eigenvalue weighted by atomic mass is 16.5. The first-order valence-corrected chi connectivity index (χ1v) is 6.34. The maximum Gasteiger partial charge on any atom is 0.120 e. The van der Waals surface area contributed by atoms with Crippen molar-refractivity contribution in [3.8, 4) is 5.75 Å². The Labute approximate surface area is 103 Å². The molecule has 1 unspecified atom stereocenters. The van der Waals surface area contributed by atoms with Gasteiger partial charge >= 0.3 is 0 Å². The Morgan fingerprint density at radius 2 is 2.29 bits per heavy atom. The van der Waals surface area contributed by atoms with E-state index < -0.39 is 0 Å². The lowest BCUT2D eigenvalue weighted by Gasteiger charge is -2.28. The lowest BCUT2D eigenvalue weighted by atomic mass is 10.1. The number of methoxy groups -OCH3 is 1. The van der Waals surface area contributed by atoms with E-state index in [0.29, 0.717) is 11.8 Å². The van der Waals surface area contributed by atoms with Crippen molar-refractivity contribution in [1.29, 1.82) is 0 Å². The molecule has 1 fully saturated rings. The highest BCUT2D eigenvalue weighted by Gasteiger charge is 2.26. The van der Waals surface area contributed by atoms with Crippen LogP contribution < -0.4 is 4.90 Å². The molecule has 1 aromatic carbocycles. The standard InChI is InChI=1S/C14H21NO2/c1-3-12-13(7-4-8-14(12)16)15-9-5-6-11(15)10-17-2/h4,7-8,11,16H,3,5-6,9-10H2,1-2H3. The summed E-state index contributed by atoms with van der Waals surface area (Å²) >= 11 is 0. The molecule has 2 rings (SSSR count). The average molecular weight is 235 g/mol. The van der Waals surface area contributed by atoms with Crippen LogP contribution in [0.5, 0.6) is 5.75 Å². The molecule has 0 aromatic heterocycles. The van der Waals surface area contributed by atoms with E-state index in [-0.39, 0.29) is 0 Å². The Balaban J connectivity index is 2.29. The van der Waals surface area contributed by atoms with Gasteiger partial charge in [-0.25, -0.2) is 0 Å². The minimum atomic E-state index is 0.410. The molecule has 1 heterocycles. The molecule has 0 spiro atoms. The zero-order valence-electron chi connectivity index (χ0n) is 10.6. The van der Waals surface area contributed by atoms with Gasteiger partial charge in [0.25, 0.3) is 0 Å². The van der Waals surface area contributed by atoms with Gasteiger partial charge in [-0.3, -0.25) is 0 Å². The summed E-state index contributed by atoms with van der Waals surface area (Å²) in [6, 6.07) is 6.24. The van der Waals surface area contributed by atoms with Gasteiger partial charge < -0.3 is 14.7 Å². The van der Waals surface area contributed by atoms with Crippen molar-refractivity contribution >= 4 is 5.69 Å². The Hall–Kier alpha value is -1.22. The molecule has 0 radical (unpaired) electrons. The van der Waals surface area contributed by atoms with Crippen molar-refractivity contribution in [2.45, 2.75) is 32.2 Å². The summed E-state index contributed by atoms with van der Waals surface area (Å²) < 4.78 is 5.28. The van der Waals surface area contributed by atoms with E-state index in [1.807, 2.05) is 6.07 Å². The summed E-state index contributed by atoms with van der Waals surface area (Å²) in [6.07, 6.45) is 3.23. The second kappa shape index (κ2) is 5.41. The van der Waals surface area contributed by atoms with Gasteiger partial charge in [0.2, 0.25) is 0 Å². The molecule has 3 heteroatoms. The van der Waals surface area contributed by atoms with E-state index in [1.54, 1.807) is 13.2 Å². The highest BCUT2D eigenvalue weighted by Crippen LogP contribution is 2.33. The van der Waals surface area contributed by atoms with Gasteiger partial charge in [0.15, 0.2) is 0 Å². The van der Waals surface area contributed by atoms with Gasteiger partial charge in [-0.05, 0) is 31.4 Å². The monoisotopic (exact) mass is 235 g/mol. The number of phenolic OH excluding ortho intramolecular Hbond substituents is 1. The van der Waals surface area contributed by atoms with E-state index >= 15 is 0 Å². The van der Waals surface area contributed by atoms with Crippen LogP contribution in [0.2, 0.25) is 0 Å². The van der Waals surface area contributed by atoms with Crippen molar-refractivity contribution in [3.05, 3.63) is 23.8 Å². The third-order valence-corrected chi connectivity index (χ3v) is 3.53. The first kappa shape index (κ1) is 12.2. The summed E-state index contributed by atoms with van der Waals surface area (Å²) in [7, 11) is 1.75. The van der Waals surface area contributed by atoms with Crippen LogP contribution in [0.4, 0.5) is 5.69 Å². The number of aromatic hydroxyl groups is 1. The minimum absolute atomic E-state index is 0.410. The maximum atomic E-state index is 9.91. The number of rotatable bonds is 4. The predicted molar refractivity (Wildman–Crippen MR) is 69.7 cm³/mol. The largest absolute Gasteiger partial charge is 0.508 e. The molecule has 1 atom stereocenters. The van der Waals surface area contributed by atoms with Crippen LogP contribution in [0.1, 0.15) is 25.3 Å². The second-order valence-electron chi connectivity index (χ2n) is 4.57. The lowest BCUT2D eigenvalue weighted by molar-refractivity contribution is 0.181. The van der Waals surface area contributed by atoms with Gasteiger partial charge in [0.05, 0.1) is 12.6 Å². The molecule has 1 aliphatic rings. The molecular formula is C14H21NO2. The van der Waals surface area contributed by atoms with Gasteiger partial charge in [0, 0.05) is 24.9 Å². The van der Waals surface area contributed by atoms with E-state index in [1.165, 1.54) is 18.5 Å². The van der Waals surface area contributed by atoms with Crippen LogP contribution in [0, 0.1) is 0 Å². The number of phenols is 1. The van der Waals surface area contributed by atoms with Crippen LogP contribution in [0.15, 0.2) is 18.2 Å². The molecule has 17 heavy (non-hydrogen) atoms. The number of hydrogen-bond acceptors (Lipinski definition) is 3. The summed E-state index contributed by atoms with van der Waals surface area (Å²) in [5, 5.41) is 9.91. The zero-order valence-corrected chi connectivity index (χ0v) is 10.6. The minimum Gasteiger partial charge on any atom is -0.508 e. The highest BCUT2D eigenvalue weighted by molar-refractivity contribution is 5.60. The van der Waals surface area contributed by atoms with Crippen LogP contribution >= 0.6 is 0 Å². The molecule has 0 aliphatic carbocycles. The molecule has 1 saturated heterocycles. The number of ether oxygens (including phenoxy) is 1. The first-order valence-electron chi connectivity index (χ1n) is 6.34. The second-order valence-corrected chi connectivity index (χ2v) is 4.57. The molecule has 0 amide bonds. The van der Waals surface area contributed by atoms with Crippen molar-refractivity contribution in [3.63, 3.8) is 0 Å². The predicted octanol–water partition coefficient (Wildman–Crippen LogP) is 2.57. The van der Waals surface area contributed by atoms with E-state index in [9.17, 15) is 5.11 Å². The molecule has 1 N–H and O–H groups in total. The maximum absolute atomic E-state index is 9.91. The normalized spacial score (nSPS) is 19.9. The van der Waals surface area contributed by atoms with Crippen LogP contribution in [0.25, 0.3) is 0 Å². The van der Waals surface area contributed by atoms with Crippen LogP contribution in [-0.4, -0.2) is 31.4 Å². The SMILES string of the molecule is CCc1c(O)cccc1N1CCCC1COC. The summed E-state index contributed by atoms with van der Waals surface area (Å²) in [5.74, 6) is 0.410. The third kappa shape index (κ3) is 2.39. The van der Waals surface area contributed by atoms with Crippen molar-refractivity contribution in [2.24, 2.45) is 0 Å². The topological polar surface area (TPSA) is 32.7 Å². The van der Waals surface area contributed by atoms with Crippen molar-refractivity contribution in [2.75, 3.05) is 25.2 Å². The van der Waals surface area contributed by atoms with E-state index in [4.69, 9.17) is 4.74 Å². The Kier molecular flexibility index (Phi) is 3.89. The fraction of sp³-hybridized carbons (Fsp3) is 0.571. The summed E-state index contributed by atoms with van der Waals surface area (Å²) in [4.78, 5) is 2.38. The molecular weight excluding hydrogens is 214 g/mol. The fourth-order valence-corrected chi connectivity index (χ4v) is 2.71. The Morgan fingerprint density at radius 1 is 1.47 bits per heavy atom. The van der Waals surface area contributed by atoms with E-state index in [2.05, 4.69) is 17.9 Å². The van der Waals surface area contributed by atoms with Gasteiger partial charge in [-0.15, -0.1) is 0 Å².